The van der Waals surface area contributed by atoms with Crippen LogP contribution in [0, 0.1) is 0 Å². The molecule has 0 spiro atoms. The van der Waals surface area contributed by atoms with Gasteiger partial charge in [0.1, 0.15) is 5.75 Å². The number of amides is 1. The molecule has 18 heavy (non-hydrogen) atoms. The summed E-state index contributed by atoms with van der Waals surface area (Å²) in [6, 6.07) is 9.43. The largest absolute Gasteiger partial charge is 0.424 e. The van der Waals surface area contributed by atoms with Gasteiger partial charge in [0.25, 0.3) is 0 Å². The zero-order chi connectivity index (χ0) is 12.8. The maximum Gasteiger partial charge on any atom is 0.322 e. The Hall–Kier alpha value is -2.69. The zero-order valence-electron chi connectivity index (χ0n) is 9.54. The normalized spacial score (nSPS) is 9.56. The summed E-state index contributed by atoms with van der Waals surface area (Å²) in [5.74, 6) is 0.343. The van der Waals surface area contributed by atoms with Crippen LogP contribution in [-0.4, -0.2) is 15.9 Å². The molecule has 0 unspecified atom stereocenters. The number of carbonyl (C=O) groups excluding carboxylic acids is 1. The molecule has 0 radical (unpaired) electrons. The summed E-state index contributed by atoms with van der Waals surface area (Å²) < 4.78 is 5.41. The van der Waals surface area contributed by atoms with Gasteiger partial charge in [-0.25, -0.2) is 9.97 Å². The van der Waals surface area contributed by atoms with Gasteiger partial charge in [0, 0.05) is 0 Å². The van der Waals surface area contributed by atoms with Gasteiger partial charge in [0.15, 0.2) is 0 Å². The van der Waals surface area contributed by atoms with Crippen molar-refractivity contribution in [2.24, 2.45) is 0 Å². The molecule has 90 valence electrons. The fourth-order valence-corrected chi connectivity index (χ4v) is 1.22. The molecule has 0 saturated heterocycles. The van der Waals surface area contributed by atoms with Crippen LogP contribution in [0.1, 0.15) is 0 Å². The van der Waals surface area contributed by atoms with Crippen molar-refractivity contribution < 1.29 is 9.53 Å². The molecular weight excluding hydrogens is 230 g/mol. The Bertz CT molecular complexity index is 538. The zero-order valence-corrected chi connectivity index (χ0v) is 9.54. The van der Waals surface area contributed by atoms with Gasteiger partial charge in [-0.2, -0.15) is 0 Å². The first-order chi connectivity index (χ1) is 8.78. The quantitative estimate of drug-likeness (QED) is 0.835. The lowest BCUT2D eigenvalue weighted by molar-refractivity contribution is -0.111. The summed E-state index contributed by atoms with van der Waals surface area (Å²) in [5.41, 5.74) is 0.486. The lowest BCUT2D eigenvalue weighted by Crippen LogP contribution is -2.07. The van der Waals surface area contributed by atoms with E-state index in [0.717, 1.165) is 0 Å². The number of nitrogens with one attached hydrogen (secondary N) is 1. The molecule has 0 aliphatic heterocycles. The second kappa shape index (κ2) is 5.58. The Morgan fingerprint density at radius 2 is 1.89 bits per heavy atom. The molecule has 1 heterocycles. The number of benzene rings is 1. The molecule has 1 aromatic carbocycles. The van der Waals surface area contributed by atoms with E-state index >= 15 is 0 Å². The van der Waals surface area contributed by atoms with Gasteiger partial charge in [-0.15, -0.1) is 0 Å². The summed E-state index contributed by atoms with van der Waals surface area (Å²) >= 11 is 0. The molecule has 0 aliphatic carbocycles. The summed E-state index contributed by atoms with van der Waals surface area (Å²) in [7, 11) is 0. The van der Waals surface area contributed by atoms with Crippen LogP contribution in [-0.2, 0) is 4.79 Å². The Morgan fingerprint density at radius 3 is 2.50 bits per heavy atom. The van der Waals surface area contributed by atoms with Crippen molar-refractivity contribution >= 4 is 11.6 Å². The van der Waals surface area contributed by atoms with E-state index in [9.17, 15) is 4.79 Å². The van der Waals surface area contributed by atoms with Crippen molar-refractivity contribution in [3.8, 4) is 11.8 Å². The number of para-hydroxylation sites is 1. The summed E-state index contributed by atoms with van der Waals surface area (Å²) in [4.78, 5) is 19.0. The van der Waals surface area contributed by atoms with Crippen LogP contribution in [0.25, 0.3) is 0 Å². The maximum atomic E-state index is 11.0. The fraction of sp³-hybridized carbons (Fsp3) is 0. The van der Waals surface area contributed by atoms with Gasteiger partial charge in [0.2, 0.25) is 5.91 Å². The summed E-state index contributed by atoms with van der Waals surface area (Å²) in [6.07, 6.45) is 4.10. The van der Waals surface area contributed by atoms with Crippen LogP contribution >= 0.6 is 0 Å². The van der Waals surface area contributed by atoms with E-state index in [1.54, 1.807) is 12.1 Å². The summed E-state index contributed by atoms with van der Waals surface area (Å²) in [6.45, 7) is 3.35. The van der Waals surface area contributed by atoms with Crippen molar-refractivity contribution in [1.82, 2.24) is 9.97 Å². The van der Waals surface area contributed by atoms with Crippen molar-refractivity contribution in [3.05, 3.63) is 55.4 Å². The Balaban J connectivity index is 2.04. The molecular formula is C13H11N3O2. The number of anilines is 1. The monoisotopic (exact) mass is 241 g/mol. The predicted molar refractivity (Wildman–Crippen MR) is 67.4 cm³/mol. The van der Waals surface area contributed by atoms with Crippen LogP contribution in [0.4, 0.5) is 5.69 Å². The molecule has 1 aromatic heterocycles. The van der Waals surface area contributed by atoms with Crippen LogP contribution in [0.2, 0.25) is 0 Å². The minimum absolute atomic E-state index is 0.220. The van der Waals surface area contributed by atoms with Crippen LogP contribution in [0.3, 0.4) is 0 Å². The lowest BCUT2D eigenvalue weighted by Gasteiger charge is -2.04. The Kier molecular flexibility index (Phi) is 3.66. The van der Waals surface area contributed by atoms with Crippen LogP contribution in [0.5, 0.6) is 11.8 Å². The van der Waals surface area contributed by atoms with E-state index in [0.29, 0.717) is 11.4 Å². The van der Waals surface area contributed by atoms with Crippen molar-refractivity contribution in [1.29, 1.82) is 0 Å². The minimum Gasteiger partial charge on any atom is -0.424 e. The SMILES string of the molecule is C=CC(=O)Nc1cnc(Oc2ccccc2)nc1. The van der Waals surface area contributed by atoms with Gasteiger partial charge in [0.05, 0.1) is 18.1 Å². The number of aromatic nitrogens is 2. The van der Waals surface area contributed by atoms with Crippen molar-refractivity contribution in [2.45, 2.75) is 0 Å². The second-order valence-corrected chi connectivity index (χ2v) is 3.36. The van der Waals surface area contributed by atoms with E-state index in [4.69, 9.17) is 4.74 Å². The smallest absolute Gasteiger partial charge is 0.322 e. The molecule has 1 amide bonds. The highest BCUT2D eigenvalue weighted by molar-refractivity contribution is 5.98. The average Bonchev–Trinajstić information content (AvgIpc) is 2.42. The Labute approximate surface area is 104 Å². The van der Waals surface area contributed by atoms with E-state index < -0.39 is 0 Å². The van der Waals surface area contributed by atoms with E-state index in [2.05, 4.69) is 21.9 Å². The van der Waals surface area contributed by atoms with Crippen molar-refractivity contribution in [2.75, 3.05) is 5.32 Å². The topological polar surface area (TPSA) is 64.1 Å². The van der Waals surface area contributed by atoms with E-state index in [-0.39, 0.29) is 11.9 Å². The molecule has 0 atom stereocenters. The molecule has 0 saturated carbocycles. The molecule has 0 bridgehead atoms. The van der Waals surface area contributed by atoms with E-state index in [1.165, 1.54) is 18.5 Å². The highest BCUT2D eigenvalue weighted by Gasteiger charge is 2.01. The highest BCUT2D eigenvalue weighted by Crippen LogP contribution is 2.16. The number of ether oxygens (including phenoxy) is 1. The van der Waals surface area contributed by atoms with E-state index in [1.807, 2.05) is 18.2 Å². The third kappa shape index (κ3) is 3.15. The van der Waals surface area contributed by atoms with Crippen LogP contribution in [0.15, 0.2) is 55.4 Å². The third-order valence-corrected chi connectivity index (χ3v) is 2.03. The predicted octanol–water partition coefficient (Wildman–Crippen LogP) is 2.39. The molecule has 5 nitrogen and oxygen atoms in total. The van der Waals surface area contributed by atoms with Gasteiger partial charge in [-0.3, -0.25) is 4.79 Å². The minimum atomic E-state index is -0.310. The molecule has 1 N–H and O–H groups in total. The van der Waals surface area contributed by atoms with Crippen molar-refractivity contribution in [3.63, 3.8) is 0 Å². The molecule has 0 aliphatic rings. The molecule has 0 fully saturated rings. The Morgan fingerprint density at radius 1 is 1.22 bits per heavy atom. The number of hydrogen-bond acceptors (Lipinski definition) is 4. The second-order valence-electron chi connectivity index (χ2n) is 3.36. The molecule has 2 aromatic rings. The van der Waals surface area contributed by atoms with Gasteiger partial charge in [-0.1, -0.05) is 24.8 Å². The highest BCUT2D eigenvalue weighted by atomic mass is 16.5. The molecule has 5 heteroatoms. The number of hydrogen-bond donors (Lipinski definition) is 1. The fourth-order valence-electron chi connectivity index (χ4n) is 1.22. The number of rotatable bonds is 4. The first-order valence-electron chi connectivity index (χ1n) is 5.26. The third-order valence-electron chi connectivity index (χ3n) is 2.03. The first kappa shape index (κ1) is 11.8. The van der Waals surface area contributed by atoms with Gasteiger partial charge >= 0.3 is 6.01 Å². The number of carbonyl (C=O) groups is 1. The summed E-state index contributed by atoms with van der Waals surface area (Å²) in [5, 5.41) is 2.55. The molecule has 2 rings (SSSR count). The number of nitrogens with zero attached hydrogens (tertiary/aromatic N) is 2. The maximum absolute atomic E-state index is 11.0. The van der Waals surface area contributed by atoms with Gasteiger partial charge in [-0.05, 0) is 18.2 Å². The lowest BCUT2D eigenvalue weighted by atomic mass is 10.3. The van der Waals surface area contributed by atoms with Gasteiger partial charge < -0.3 is 10.1 Å². The standard InChI is InChI=1S/C13H11N3O2/c1-2-12(17)16-10-8-14-13(15-9-10)18-11-6-4-3-5-7-11/h2-9H,1H2,(H,16,17). The van der Waals surface area contributed by atoms with Crippen LogP contribution < -0.4 is 10.1 Å². The average molecular weight is 241 g/mol. The first-order valence-corrected chi connectivity index (χ1v) is 5.26.